The molecule has 1 atom stereocenters. The molecule has 0 saturated carbocycles. The van der Waals surface area contributed by atoms with Crippen molar-refractivity contribution < 1.29 is 5.11 Å². The van der Waals surface area contributed by atoms with Crippen molar-refractivity contribution in [2.24, 2.45) is 5.92 Å². The Morgan fingerprint density at radius 2 is 2.27 bits per heavy atom. The van der Waals surface area contributed by atoms with E-state index in [1.54, 1.807) is 0 Å². The maximum Gasteiger partial charge on any atom is 0.0443 e. The minimum Gasteiger partial charge on any atom is -0.396 e. The van der Waals surface area contributed by atoms with Crippen LogP contribution >= 0.6 is 11.8 Å². The topological polar surface area (TPSA) is 32.3 Å². The minimum atomic E-state index is 0.296. The molecule has 0 fully saturated rings. The zero-order valence-corrected chi connectivity index (χ0v) is 8.28. The molecule has 2 N–H and O–H groups in total. The second kappa shape index (κ2) is 8.37. The SMILES string of the molecule is CSCC(C)CNCCCO. The third-order valence-electron chi connectivity index (χ3n) is 1.46. The van der Waals surface area contributed by atoms with Crippen LogP contribution in [0.5, 0.6) is 0 Å². The monoisotopic (exact) mass is 177 g/mol. The van der Waals surface area contributed by atoms with Crippen LogP contribution in [0.2, 0.25) is 0 Å². The van der Waals surface area contributed by atoms with Gasteiger partial charge in [0.2, 0.25) is 0 Å². The Morgan fingerprint density at radius 3 is 2.82 bits per heavy atom. The summed E-state index contributed by atoms with van der Waals surface area (Å²) in [6.07, 6.45) is 3.00. The highest BCUT2D eigenvalue weighted by Gasteiger charge is 1.98. The summed E-state index contributed by atoms with van der Waals surface area (Å²) in [5.41, 5.74) is 0. The lowest BCUT2D eigenvalue weighted by Gasteiger charge is -2.09. The molecule has 0 aromatic carbocycles. The van der Waals surface area contributed by atoms with Gasteiger partial charge in [-0.1, -0.05) is 6.92 Å². The van der Waals surface area contributed by atoms with E-state index in [4.69, 9.17) is 5.11 Å². The van der Waals surface area contributed by atoms with Crippen LogP contribution in [0.15, 0.2) is 0 Å². The Labute approximate surface area is 73.8 Å². The highest BCUT2D eigenvalue weighted by atomic mass is 32.2. The smallest absolute Gasteiger partial charge is 0.0443 e. The molecule has 2 nitrogen and oxygen atoms in total. The molecule has 0 aliphatic carbocycles. The predicted octanol–water partition coefficient (Wildman–Crippen LogP) is 0.957. The fraction of sp³-hybridized carbons (Fsp3) is 1.00. The van der Waals surface area contributed by atoms with Gasteiger partial charge in [-0.2, -0.15) is 11.8 Å². The average Bonchev–Trinajstić information content (AvgIpc) is 1.99. The lowest BCUT2D eigenvalue weighted by Crippen LogP contribution is -2.23. The summed E-state index contributed by atoms with van der Waals surface area (Å²) in [4.78, 5) is 0. The van der Waals surface area contributed by atoms with E-state index >= 15 is 0 Å². The normalized spacial score (nSPS) is 13.4. The molecule has 0 amide bonds. The van der Waals surface area contributed by atoms with Gasteiger partial charge < -0.3 is 10.4 Å². The molecule has 0 aliphatic heterocycles. The first-order valence-corrected chi connectivity index (χ1v) is 5.51. The van der Waals surface area contributed by atoms with Gasteiger partial charge in [0.05, 0.1) is 0 Å². The van der Waals surface area contributed by atoms with Gasteiger partial charge in [-0.3, -0.25) is 0 Å². The summed E-state index contributed by atoms with van der Waals surface area (Å²) in [6.45, 7) is 4.54. The molecule has 0 saturated heterocycles. The van der Waals surface area contributed by atoms with Crippen molar-refractivity contribution >= 4 is 11.8 Å². The first-order valence-electron chi connectivity index (χ1n) is 4.11. The van der Waals surface area contributed by atoms with Crippen molar-refractivity contribution in [2.45, 2.75) is 13.3 Å². The summed E-state index contributed by atoms with van der Waals surface area (Å²) in [7, 11) is 0. The first kappa shape index (κ1) is 11.3. The number of hydrogen-bond donors (Lipinski definition) is 2. The van der Waals surface area contributed by atoms with Gasteiger partial charge in [-0.05, 0) is 37.4 Å². The fourth-order valence-corrected chi connectivity index (χ4v) is 1.58. The molecule has 3 heteroatoms. The molecule has 0 bridgehead atoms. The van der Waals surface area contributed by atoms with Crippen molar-refractivity contribution in [2.75, 3.05) is 31.7 Å². The van der Waals surface area contributed by atoms with E-state index in [1.165, 1.54) is 5.75 Å². The Hall–Kier alpha value is 0.270. The quantitative estimate of drug-likeness (QED) is 0.568. The molecule has 11 heavy (non-hydrogen) atoms. The van der Waals surface area contributed by atoms with E-state index in [1.807, 2.05) is 11.8 Å². The van der Waals surface area contributed by atoms with Crippen LogP contribution < -0.4 is 5.32 Å². The fourth-order valence-electron chi connectivity index (χ4n) is 0.896. The summed E-state index contributed by atoms with van der Waals surface area (Å²) < 4.78 is 0. The molecule has 0 radical (unpaired) electrons. The van der Waals surface area contributed by atoms with E-state index in [0.717, 1.165) is 25.4 Å². The van der Waals surface area contributed by atoms with E-state index in [-0.39, 0.29) is 0 Å². The lowest BCUT2D eigenvalue weighted by atomic mass is 10.2. The molecule has 0 heterocycles. The predicted molar refractivity (Wildman–Crippen MR) is 52.1 cm³/mol. The van der Waals surface area contributed by atoms with Gasteiger partial charge in [-0.25, -0.2) is 0 Å². The molecular formula is C8H19NOS. The van der Waals surface area contributed by atoms with Crippen LogP contribution in [0.3, 0.4) is 0 Å². The van der Waals surface area contributed by atoms with Gasteiger partial charge in [0.1, 0.15) is 0 Å². The molecule has 0 aromatic heterocycles. The Kier molecular flexibility index (Phi) is 8.57. The average molecular weight is 177 g/mol. The van der Waals surface area contributed by atoms with Gasteiger partial charge in [0, 0.05) is 6.61 Å². The van der Waals surface area contributed by atoms with Gasteiger partial charge >= 0.3 is 0 Å². The number of rotatable bonds is 7. The lowest BCUT2D eigenvalue weighted by molar-refractivity contribution is 0.285. The van der Waals surface area contributed by atoms with E-state index in [0.29, 0.717) is 6.61 Å². The highest BCUT2D eigenvalue weighted by molar-refractivity contribution is 7.98. The molecule has 0 spiro atoms. The second-order valence-electron chi connectivity index (χ2n) is 2.84. The number of aliphatic hydroxyl groups excluding tert-OH is 1. The van der Waals surface area contributed by atoms with Crippen molar-refractivity contribution in [3.05, 3.63) is 0 Å². The van der Waals surface area contributed by atoms with Crippen molar-refractivity contribution in [3.8, 4) is 0 Å². The van der Waals surface area contributed by atoms with Gasteiger partial charge in [-0.15, -0.1) is 0 Å². The van der Waals surface area contributed by atoms with Crippen LogP contribution in [-0.2, 0) is 0 Å². The summed E-state index contributed by atoms with van der Waals surface area (Å²) in [5, 5.41) is 11.8. The molecule has 0 aliphatic rings. The van der Waals surface area contributed by atoms with Crippen molar-refractivity contribution in [3.63, 3.8) is 0 Å². The van der Waals surface area contributed by atoms with Gasteiger partial charge in [0.15, 0.2) is 0 Å². The summed E-state index contributed by atoms with van der Waals surface area (Å²) in [6, 6.07) is 0. The maximum absolute atomic E-state index is 8.49. The summed E-state index contributed by atoms with van der Waals surface area (Å²) in [5.74, 6) is 1.95. The number of nitrogens with one attached hydrogen (secondary N) is 1. The van der Waals surface area contributed by atoms with Crippen LogP contribution in [0.1, 0.15) is 13.3 Å². The Balaban J connectivity index is 2.97. The third-order valence-corrected chi connectivity index (χ3v) is 2.36. The van der Waals surface area contributed by atoms with Crippen LogP contribution in [0.4, 0.5) is 0 Å². The first-order chi connectivity index (χ1) is 5.31. The Morgan fingerprint density at radius 1 is 1.55 bits per heavy atom. The second-order valence-corrected chi connectivity index (χ2v) is 3.75. The van der Waals surface area contributed by atoms with Crippen LogP contribution in [0, 0.1) is 5.92 Å². The summed E-state index contributed by atoms with van der Waals surface area (Å²) >= 11 is 1.88. The molecule has 1 unspecified atom stereocenters. The largest absolute Gasteiger partial charge is 0.396 e. The molecular weight excluding hydrogens is 158 g/mol. The Bertz CT molecular complexity index is 80.5. The molecule has 0 aromatic rings. The van der Waals surface area contributed by atoms with Crippen molar-refractivity contribution in [1.29, 1.82) is 0 Å². The standard InChI is InChI=1S/C8H19NOS/c1-8(7-11-2)6-9-4-3-5-10/h8-10H,3-7H2,1-2H3. The molecule has 0 rings (SSSR count). The van der Waals surface area contributed by atoms with Crippen molar-refractivity contribution in [1.82, 2.24) is 5.32 Å². The number of aliphatic hydroxyl groups is 1. The zero-order chi connectivity index (χ0) is 8.53. The number of thioether (sulfide) groups is 1. The van der Waals surface area contributed by atoms with Gasteiger partial charge in [0.25, 0.3) is 0 Å². The van der Waals surface area contributed by atoms with E-state index in [9.17, 15) is 0 Å². The van der Waals surface area contributed by atoms with E-state index < -0.39 is 0 Å². The van der Waals surface area contributed by atoms with Crippen LogP contribution in [0.25, 0.3) is 0 Å². The zero-order valence-electron chi connectivity index (χ0n) is 7.47. The maximum atomic E-state index is 8.49. The van der Waals surface area contributed by atoms with E-state index in [2.05, 4.69) is 18.5 Å². The number of hydrogen-bond acceptors (Lipinski definition) is 3. The third kappa shape index (κ3) is 8.17. The molecule has 68 valence electrons. The minimum absolute atomic E-state index is 0.296. The highest BCUT2D eigenvalue weighted by Crippen LogP contribution is 2.02. The van der Waals surface area contributed by atoms with Crippen LogP contribution in [-0.4, -0.2) is 36.8 Å².